The molecular formula is C12H14N4O2. The second kappa shape index (κ2) is 7.81. The maximum absolute atomic E-state index is 11.6. The Hall–Kier alpha value is -2.39. The number of aliphatic hydroxyl groups is 1. The third kappa shape index (κ3) is 4.63. The summed E-state index contributed by atoms with van der Waals surface area (Å²) < 4.78 is 0. The molecule has 1 rings (SSSR count). The fourth-order valence-electron chi connectivity index (χ4n) is 1.17. The van der Waals surface area contributed by atoms with Crippen molar-refractivity contribution in [3.8, 4) is 6.07 Å². The van der Waals surface area contributed by atoms with Gasteiger partial charge in [-0.2, -0.15) is 5.26 Å². The number of aliphatic hydroxyl groups excluding tert-OH is 1. The number of nitrogens with zero attached hydrogens (tertiary/aromatic N) is 2. The van der Waals surface area contributed by atoms with Crippen molar-refractivity contribution < 1.29 is 9.90 Å². The molecule has 1 aromatic rings. The van der Waals surface area contributed by atoms with Gasteiger partial charge in [0.1, 0.15) is 11.6 Å². The minimum atomic E-state index is -0.466. The van der Waals surface area contributed by atoms with Gasteiger partial charge >= 0.3 is 0 Å². The number of amides is 1. The van der Waals surface area contributed by atoms with Crippen molar-refractivity contribution in [3.63, 3.8) is 0 Å². The Kier molecular flexibility index (Phi) is 5.94. The molecule has 94 valence electrons. The maximum atomic E-state index is 11.6. The van der Waals surface area contributed by atoms with Gasteiger partial charge in [0, 0.05) is 31.7 Å². The van der Waals surface area contributed by atoms with Gasteiger partial charge in [0.15, 0.2) is 0 Å². The molecule has 0 atom stereocenters. The Labute approximate surface area is 105 Å². The first kappa shape index (κ1) is 13.7. The zero-order valence-electron chi connectivity index (χ0n) is 9.76. The van der Waals surface area contributed by atoms with E-state index in [1.54, 1.807) is 24.5 Å². The number of pyridine rings is 1. The van der Waals surface area contributed by atoms with Crippen LogP contribution in [0.3, 0.4) is 0 Å². The normalized spacial score (nSPS) is 10.6. The van der Waals surface area contributed by atoms with Crippen LogP contribution in [-0.2, 0) is 11.3 Å². The van der Waals surface area contributed by atoms with Crippen LogP contribution in [0.25, 0.3) is 0 Å². The molecule has 0 aromatic carbocycles. The van der Waals surface area contributed by atoms with E-state index in [1.165, 1.54) is 6.20 Å². The minimum Gasteiger partial charge on any atom is -0.395 e. The highest BCUT2D eigenvalue weighted by Gasteiger charge is 2.07. The molecule has 1 heterocycles. The average Bonchev–Trinajstić information content (AvgIpc) is 2.42. The summed E-state index contributed by atoms with van der Waals surface area (Å²) in [5.74, 6) is -0.466. The standard InChI is InChI=1S/C12H14N4O2/c13-6-11(9-15-4-5-17)12(18)16-8-10-2-1-3-14-7-10/h1-3,7,9,15,17H,4-5,8H2,(H,16,18)/b11-9-. The van der Waals surface area contributed by atoms with Crippen molar-refractivity contribution in [2.24, 2.45) is 0 Å². The Morgan fingerprint density at radius 2 is 2.44 bits per heavy atom. The van der Waals surface area contributed by atoms with Crippen LogP contribution in [-0.4, -0.2) is 29.1 Å². The van der Waals surface area contributed by atoms with Crippen LogP contribution < -0.4 is 10.6 Å². The van der Waals surface area contributed by atoms with Crippen LogP contribution in [0.5, 0.6) is 0 Å². The highest BCUT2D eigenvalue weighted by molar-refractivity contribution is 5.97. The Bertz CT molecular complexity index is 451. The molecule has 6 nitrogen and oxygen atoms in total. The summed E-state index contributed by atoms with van der Waals surface area (Å²) in [7, 11) is 0. The molecule has 3 N–H and O–H groups in total. The third-order valence-corrected chi connectivity index (χ3v) is 2.04. The van der Waals surface area contributed by atoms with Gasteiger partial charge in [0.25, 0.3) is 5.91 Å². The summed E-state index contributed by atoms with van der Waals surface area (Å²) in [6.45, 7) is 0.541. The van der Waals surface area contributed by atoms with Crippen molar-refractivity contribution in [2.75, 3.05) is 13.2 Å². The van der Waals surface area contributed by atoms with E-state index in [4.69, 9.17) is 10.4 Å². The fraction of sp³-hybridized carbons (Fsp3) is 0.250. The quantitative estimate of drug-likeness (QED) is 0.363. The number of nitrogens with one attached hydrogen (secondary N) is 2. The fourth-order valence-corrected chi connectivity index (χ4v) is 1.17. The van der Waals surface area contributed by atoms with Crippen LogP contribution >= 0.6 is 0 Å². The number of hydrogen-bond acceptors (Lipinski definition) is 5. The molecule has 0 saturated heterocycles. The number of carbonyl (C=O) groups excluding carboxylic acids is 1. The number of carbonyl (C=O) groups is 1. The first-order chi connectivity index (χ1) is 8.77. The summed E-state index contributed by atoms with van der Waals surface area (Å²) in [6, 6.07) is 5.38. The number of hydrogen-bond donors (Lipinski definition) is 3. The molecule has 0 aliphatic carbocycles. The largest absolute Gasteiger partial charge is 0.395 e. The highest BCUT2D eigenvalue weighted by atomic mass is 16.3. The van der Waals surface area contributed by atoms with E-state index in [9.17, 15) is 4.79 Å². The second-order valence-electron chi connectivity index (χ2n) is 3.39. The van der Waals surface area contributed by atoms with Crippen molar-refractivity contribution in [2.45, 2.75) is 6.54 Å². The predicted octanol–water partition coefficient (Wildman–Crippen LogP) is -0.313. The Balaban J connectivity index is 2.48. The molecular weight excluding hydrogens is 232 g/mol. The van der Waals surface area contributed by atoms with Gasteiger partial charge in [-0.25, -0.2) is 0 Å². The molecule has 0 spiro atoms. The van der Waals surface area contributed by atoms with Crippen molar-refractivity contribution in [1.82, 2.24) is 15.6 Å². The summed E-state index contributed by atoms with van der Waals surface area (Å²) in [4.78, 5) is 15.5. The lowest BCUT2D eigenvalue weighted by Gasteiger charge is -2.04. The van der Waals surface area contributed by atoms with Crippen LogP contribution in [0.15, 0.2) is 36.3 Å². The van der Waals surface area contributed by atoms with E-state index in [-0.39, 0.29) is 12.2 Å². The molecule has 0 unspecified atom stereocenters. The molecule has 0 aliphatic heterocycles. The predicted molar refractivity (Wildman–Crippen MR) is 64.9 cm³/mol. The Morgan fingerprint density at radius 3 is 3.06 bits per heavy atom. The van der Waals surface area contributed by atoms with Crippen molar-refractivity contribution in [1.29, 1.82) is 5.26 Å². The third-order valence-electron chi connectivity index (χ3n) is 2.04. The van der Waals surface area contributed by atoms with E-state index in [2.05, 4.69) is 15.6 Å². The van der Waals surface area contributed by atoms with Crippen LogP contribution in [0, 0.1) is 11.3 Å². The van der Waals surface area contributed by atoms with E-state index in [0.29, 0.717) is 13.1 Å². The van der Waals surface area contributed by atoms with Gasteiger partial charge in [-0.3, -0.25) is 9.78 Å². The van der Waals surface area contributed by atoms with Crippen LogP contribution in [0.1, 0.15) is 5.56 Å². The lowest BCUT2D eigenvalue weighted by Crippen LogP contribution is -2.25. The van der Waals surface area contributed by atoms with Gasteiger partial charge in [-0.15, -0.1) is 0 Å². The van der Waals surface area contributed by atoms with E-state index in [1.807, 2.05) is 6.07 Å². The smallest absolute Gasteiger partial charge is 0.263 e. The zero-order chi connectivity index (χ0) is 13.2. The van der Waals surface area contributed by atoms with Gasteiger partial charge in [0.2, 0.25) is 0 Å². The zero-order valence-corrected chi connectivity index (χ0v) is 9.76. The summed E-state index contributed by atoms with van der Waals surface area (Å²) in [6.07, 6.45) is 4.57. The highest BCUT2D eigenvalue weighted by Crippen LogP contribution is 1.96. The molecule has 1 aromatic heterocycles. The number of aromatic nitrogens is 1. The molecule has 0 fully saturated rings. The minimum absolute atomic E-state index is 0.0349. The lowest BCUT2D eigenvalue weighted by molar-refractivity contribution is -0.117. The van der Waals surface area contributed by atoms with Gasteiger partial charge in [-0.05, 0) is 11.6 Å². The monoisotopic (exact) mass is 246 g/mol. The molecule has 0 aliphatic rings. The summed E-state index contributed by atoms with van der Waals surface area (Å²) in [5.41, 5.74) is 0.818. The van der Waals surface area contributed by atoms with Gasteiger partial charge in [0.05, 0.1) is 6.61 Å². The second-order valence-corrected chi connectivity index (χ2v) is 3.39. The van der Waals surface area contributed by atoms with E-state index >= 15 is 0 Å². The van der Waals surface area contributed by atoms with Crippen LogP contribution in [0.4, 0.5) is 0 Å². The van der Waals surface area contributed by atoms with Crippen LogP contribution in [0.2, 0.25) is 0 Å². The molecule has 6 heteroatoms. The molecule has 18 heavy (non-hydrogen) atoms. The van der Waals surface area contributed by atoms with E-state index in [0.717, 1.165) is 5.56 Å². The first-order valence-electron chi connectivity index (χ1n) is 5.39. The number of nitriles is 1. The lowest BCUT2D eigenvalue weighted by atomic mass is 10.2. The van der Waals surface area contributed by atoms with Crippen molar-refractivity contribution >= 4 is 5.91 Å². The first-order valence-corrected chi connectivity index (χ1v) is 5.39. The molecule has 1 amide bonds. The molecule has 0 bridgehead atoms. The molecule has 0 radical (unpaired) electrons. The number of rotatable bonds is 6. The van der Waals surface area contributed by atoms with Gasteiger partial charge < -0.3 is 15.7 Å². The summed E-state index contributed by atoms with van der Waals surface area (Å²) in [5, 5.41) is 22.6. The Morgan fingerprint density at radius 1 is 1.61 bits per heavy atom. The summed E-state index contributed by atoms with van der Waals surface area (Å²) >= 11 is 0. The van der Waals surface area contributed by atoms with E-state index < -0.39 is 5.91 Å². The molecule has 0 saturated carbocycles. The maximum Gasteiger partial charge on any atom is 0.263 e. The SMILES string of the molecule is N#C/C(=C/NCCO)C(=O)NCc1cccnc1. The topological polar surface area (TPSA) is 98.0 Å². The van der Waals surface area contributed by atoms with Gasteiger partial charge in [-0.1, -0.05) is 6.07 Å². The average molecular weight is 246 g/mol. The van der Waals surface area contributed by atoms with Crippen molar-refractivity contribution in [3.05, 3.63) is 41.9 Å².